The maximum absolute atomic E-state index is 14.3. The van der Waals surface area contributed by atoms with E-state index < -0.39 is 36.3 Å². The van der Waals surface area contributed by atoms with Crippen molar-refractivity contribution in [1.29, 1.82) is 0 Å². The number of rotatable bonds is 25. The highest BCUT2D eigenvalue weighted by Gasteiger charge is 2.41. The van der Waals surface area contributed by atoms with Crippen LogP contribution < -0.4 is 31.9 Å². The number of carbonyl (C=O) groups excluding carboxylic acids is 8. The molecule has 16 nitrogen and oxygen atoms in total. The predicted octanol–water partition coefficient (Wildman–Crippen LogP) is 7.24. The molecule has 0 saturated carbocycles. The van der Waals surface area contributed by atoms with E-state index in [1.165, 1.54) is 22.3 Å². The molecule has 0 aromatic heterocycles. The van der Waals surface area contributed by atoms with E-state index in [2.05, 4.69) is 56.2 Å². The van der Waals surface area contributed by atoms with Gasteiger partial charge in [-0.3, -0.25) is 38.4 Å². The minimum Gasteiger partial charge on any atom is -0.343 e. The Morgan fingerprint density at radius 3 is 1.34 bits per heavy atom. The van der Waals surface area contributed by atoms with Crippen LogP contribution in [-0.4, -0.2) is 120 Å². The number of Topliss-reactive ketones (excluding diaryl/α,β-unsaturated/α-hetero) is 2. The number of likely N-dealkylation sites (N-methyl/N-ethyl adjacent to an activating group) is 2. The van der Waals surface area contributed by atoms with Gasteiger partial charge in [0.15, 0.2) is 11.6 Å². The van der Waals surface area contributed by atoms with Crippen LogP contribution >= 0.6 is 0 Å². The van der Waals surface area contributed by atoms with Crippen LogP contribution in [0.1, 0.15) is 149 Å². The number of aryl methyl sites for hydroxylation is 4. The minimum absolute atomic E-state index is 0.0387. The maximum atomic E-state index is 14.3. The predicted molar refractivity (Wildman–Crippen MR) is 310 cm³/mol. The number of amides is 6. The van der Waals surface area contributed by atoms with Gasteiger partial charge in [-0.05, 0) is 187 Å². The molecule has 2 aliphatic heterocycles. The lowest BCUT2D eigenvalue weighted by Crippen LogP contribution is -2.54. The van der Waals surface area contributed by atoms with Crippen molar-refractivity contribution in [3.8, 4) is 0 Å². The van der Waals surface area contributed by atoms with E-state index in [0.717, 1.165) is 49.7 Å². The largest absolute Gasteiger partial charge is 0.343 e. The van der Waals surface area contributed by atoms with Crippen LogP contribution in [0.4, 0.5) is 11.4 Å². The summed E-state index contributed by atoms with van der Waals surface area (Å²) in [5, 5.41) is 17.5. The number of benzene rings is 4. The molecule has 0 bridgehead atoms. The van der Waals surface area contributed by atoms with E-state index in [9.17, 15) is 38.4 Å². The molecule has 426 valence electrons. The average Bonchev–Trinajstić information content (AvgIpc) is 4.21. The summed E-state index contributed by atoms with van der Waals surface area (Å²) in [7, 11) is 3.32. The fraction of sp³-hybridized carbons (Fsp3) is 0.500. The Hall–Kier alpha value is -7.04. The Morgan fingerprint density at radius 1 is 0.512 bits per heavy atom. The summed E-state index contributed by atoms with van der Waals surface area (Å²) in [6, 6.07) is 27.4. The second kappa shape index (κ2) is 28.4. The van der Waals surface area contributed by atoms with Gasteiger partial charge in [-0.2, -0.15) is 0 Å². The zero-order valence-electron chi connectivity index (χ0n) is 47.2. The maximum Gasteiger partial charge on any atom is 0.245 e. The number of anilines is 2. The van der Waals surface area contributed by atoms with Crippen LogP contribution in [0.5, 0.6) is 0 Å². The number of likely N-dealkylation sites (tertiary alicyclic amines) is 2. The average molecular weight is 1090 g/mol. The van der Waals surface area contributed by atoms with Crippen LogP contribution in [-0.2, 0) is 64.0 Å². The third-order valence-electron chi connectivity index (χ3n) is 17.0. The summed E-state index contributed by atoms with van der Waals surface area (Å²) in [5.41, 5.74) is 8.11. The van der Waals surface area contributed by atoms with Crippen molar-refractivity contribution >= 4 is 58.4 Å². The molecular weight excluding hydrogens is 1010 g/mol. The Labute approximate surface area is 471 Å². The van der Waals surface area contributed by atoms with Crippen molar-refractivity contribution in [2.75, 3.05) is 37.8 Å². The third-order valence-corrected chi connectivity index (χ3v) is 17.0. The van der Waals surface area contributed by atoms with E-state index in [0.29, 0.717) is 75.8 Å². The van der Waals surface area contributed by atoms with Gasteiger partial charge in [0.25, 0.3) is 0 Å². The van der Waals surface area contributed by atoms with Crippen molar-refractivity contribution < 1.29 is 38.4 Å². The van der Waals surface area contributed by atoms with Crippen molar-refractivity contribution in [3.05, 3.63) is 130 Å². The first-order chi connectivity index (χ1) is 38.7. The Balaban J connectivity index is 0.829. The second-order valence-electron chi connectivity index (χ2n) is 22.5. The van der Waals surface area contributed by atoms with Crippen molar-refractivity contribution in [2.45, 2.75) is 178 Å². The quantitative estimate of drug-likeness (QED) is 0.0392. The molecular formula is C64H82N8O8. The van der Waals surface area contributed by atoms with E-state index >= 15 is 0 Å². The summed E-state index contributed by atoms with van der Waals surface area (Å²) >= 11 is 0. The topological polar surface area (TPSA) is 215 Å². The van der Waals surface area contributed by atoms with Gasteiger partial charge >= 0.3 is 0 Å². The van der Waals surface area contributed by atoms with Crippen LogP contribution in [0.25, 0.3) is 0 Å². The number of hydrogen-bond donors (Lipinski definition) is 6. The minimum atomic E-state index is -0.998. The summed E-state index contributed by atoms with van der Waals surface area (Å²) < 4.78 is 0. The van der Waals surface area contributed by atoms with Gasteiger partial charge in [0.1, 0.15) is 12.1 Å². The fourth-order valence-electron chi connectivity index (χ4n) is 12.3. The van der Waals surface area contributed by atoms with Gasteiger partial charge in [0.2, 0.25) is 35.4 Å². The number of carbonyl (C=O) groups is 8. The van der Waals surface area contributed by atoms with Crippen LogP contribution in [0.15, 0.2) is 97.1 Å². The number of ketones is 2. The molecule has 6 amide bonds. The summed E-state index contributed by atoms with van der Waals surface area (Å²) in [4.78, 5) is 113. The Bertz CT molecular complexity index is 2680. The first kappa shape index (κ1) is 59.1. The van der Waals surface area contributed by atoms with Gasteiger partial charge < -0.3 is 41.7 Å². The molecule has 2 fully saturated rings. The van der Waals surface area contributed by atoms with Gasteiger partial charge in [0, 0.05) is 50.1 Å². The molecule has 4 aromatic rings. The molecule has 0 radical (unpaired) electrons. The third kappa shape index (κ3) is 15.4. The summed E-state index contributed by atoms with van der Waals surface area (Å²) in [6.07, 6.45) is 10.4. The molecule has 80 heavy (non-hydrogen) atoms. The monoisotopic (exact) mass is 1090 g/mol. The zero-order chi connectivity index (χ0) is 56.7. The lowest BCUT2D eigenvalue weighted by Gasteiger charge is -2.31. The molecule has 2 aliphatic carbocycles. The standard InChI is InChI=1S/C64H82N8O8/c1-41(65-3)61(77)69-53(63(79)71-35-13-27-55(71)57(73)39-47-21-11-19-45-17-5-7-25-51(45)47)31-33-59(75)67-49-23-9-15-43(37-49)29-30-44-16-10-24-50(38-44)68-60(76)34-32-54(70-62(78)42(2)66-4)64(80)72-36-14-28-56(72)58(74)40-48-22-12-20-46-18-6-8-26-52(46)48/h5-10,15-18,23-26,37-38,41-42,47-48,53-56,65-66H,11-14,19-22,27-36,39-40H2,1-4H3,(H,67,75)(H,68,76)(H,69,77)(H,70,78)/t41-,42-,47-,48-,53-,54-,55-,56-/m0/s1. The van der Waals surface area contributed by atoms with Crippen molar-refractivity contribution in [1.82, 2.24) is 31.1 Å². The summed E-state index contributed by atoms with van der Waals surface area (Å²) in [5.74, 6) is -1.77. The first-order valence-corrected chi connectivity index (χ1v) is 29.2. The molecule has 0 spiro atoms. The summed E-state index contributed by atoms with van der Waals surface area (Å²) in [6.45, 7) is 4.22. The molecule has 4 aromatic carbocycles. The van der Waals surface area contributed by atoms with Crippen LogP contribution in [0.3, 0.4) is 0 Å². The van der Waals surface area contributed by atoms with Crippen molar-refractivity contribution in [3.63, 3.8) is 0 Å². The lowest BCUT2D eigenvalue weighted by molar-refractivity contribution is -0.141. The van der Waals surface area contributed by atoms with Gasteiger partial charge in [-0.25, -0.2) is 0 Å². The normalized spacial score (nSPS) is 20.1. The molecule has 4 aliphatic rings. The van der Waals surface area contributed by atoms with Crippen molar-refractivity contribution in [2.24, 2.45) is 0 Å². The molecule has 0 unspecified atom stereocenters. The molecule has 8 atom stereocenters. The highest BCUT2D eigenvalue weighted by atomic mass is 16.2. The van der Waals surface area contributed by atoms with Crippen LogP contribution in [0, 0.1) is 0 Å². The highest BCUT2D eigenvalue weighted by molar-refractivity contribution is 5.97. The number of hydrogen-bond acceptors (Lipinski definition) is 10. The van der Waals surface area contributed by atoms with Gasteiger partial charge in [-0.15, -0.1) is 0 Å². The number of nitrogens with one attached hydrogen (secondary N) is 6. The first-order valence-electron chi connectivity index (χ1n) is 29.2. The van der Waals surface area contributed by atoms with Crippen LogP contribution in [0.2, 0.25) is 0 Å². The lowest BCUT2D eigenvalue weighted by atomic mass is 9.79. The Kier molecular flexibility index (Phi) is 21.0. The molecule has 16 heteroatoms. The van der Waals surface area contributed by atoms with Gasteiger partial charge in [0.05, 0.1) is 24.2 Å². The molecule has 6 N–H and O–H groups in total. The molecule has 8 rings (SSSR count). The second-order valence-corrected chi connectivity index (χ2v) is 22.5. The van der Waals surface area contributed by atoms with E-state index in [4.69, 9.17) is 0 Å². The highest BCUT2D eigenvalue weighted by Crippen LogP contribution is 2.37. The SMILES string of the molecule is CN[C@@H](C)C(=O)N[C@@H](CCC(=O)Nc1cccc(CCc2cccc(NC(=O)CC[C@H](NC(=O)[C@H](C)NC)C(=O)N3CCC[C@H]3C(=O)C[C@@H]3CCCc4ccccc43)c2)c1)C(=O)N1CCC[C@H]1C(=O)C[C@@H]1CCCc2ccccc21. The van der Waals surface area contributed by atoms with E-state index in [-0.39, 0.29) is 84.5 Å². The molecule has 2 saturated heterocycles. The molecule has 2 heterocycles. The number of fused-ring (bicyclic) bond motifs is 2. The zero-order valence-corrected chi connectivity index (χ0v) is 47.2. The van der Waals surface area contributed by atoms with E-state index in [1.54, 1.807) is 49.9 Å². The fourth-order valence-corrected chi connectivity index (χ4v) is 12.3. The smallest absolute Gasteiger partial charge is 0.245 e. The van der Waals surface area contributed by atoms with E-state index in [1.807, 2.05) is 60.7 Å². The number of nitrogens with zero attached hydrogens (tertiary/aromatic N) is 2. The van der Waals surface area contributed by atoms with Gasteiger partial charge in [-0.1, -0.05) is 72.8 Å². The Morgan fingerprint density at radius 2 is 0.925 bits per heavy atom.